The standard InChI is InChI=1S/C15H24N4O.HI/c1-10(2)12-6-5-7-13(8-12)19-15(16)17-9-14(20)18-11(3)4;/h5-8,10-11H,9H2,1-4H3,(H,18,20)(H3,16,17,19);1H. The summed E-state index contributed by atoms with van der Waals surface area (Å²) in [4.78, 5) is 15.5. The average molecular weight is 404 g/mol. The fraction of sp³-hybridized carbons (Fsp3) is 0.467. The Balaban J connectivity index is 0.00000400. The smallest absolute Gasteiger partial charge is 0.242 e. The lowest BCUT2D eigenvalue weighted by atomic mass is 10.0. The van der Waals surface area contributed by atoms with Gasteiger partial charge >= 0.3 is 0 Å². The van der Waals surface area contributed by atoms with Crippen molar-refractivity contribution in [2.75, 3.05) is 11.9 Å². The zero-order valence-corrected chi connectivity index (χ0v) is 15.3. The Labute approximate surface area is 143 Å². The minimum absolute atomic E-state index is 0. The Kier molecular flexibility index (Phi) is 9.00. The molecule has 1 aromatic carbocycles. The van der Waals surface area contributed by atoms with E-state index in [2.05, 4.69) is 35.5 Å². The number of halogens is 1. The molecule has 0 spiro atoms. The average Bonchev–Trinajstić information content (AvgIpc) is 2.36. The number of benzene rings is 1. The van der Waals surface area contributed by atoms with E-state index in [0.29, 0.717) is 5.92 Å². The van der Waals surface area contributed by atoms with E-state index < -0.39 is 0 Å². The molecular weight excluding hydrogens is 379 g/mol. The van der Waals surface area contributed by atoms with Gasteiger partial charge in [-0.05, 0) is 37.5 Å². The lowest BCUT2D eigenvalue weighted by Crippen LogP contribution is -2.33. The van der Waals surface area contributed by atoms with Gasteiger partial charge in [-0.1, -0.05) is 26.0 Å². The van der Waals surface area contributed by atoms with Crippen molar-refractivity contribution >= 4 is 41.5 Å². The van der Waals surface area contributed by atoms with Crippen LogP contribution in [0, 0.1) is 0 Å². The van der Waals surface area contributed by atoms with Gasteiger partial charge in [-0.2, -0.15) is 0 Å². The molecule has 1 amide bonds. The third-order valence-corrected chi connectivity index (χ3v) is 2.67. The third kappa shape index (κ3) is 7.89. The van der Waals surface area contributed by atoms with E-state index in [1.165, 1.54) is 5.56 Å². The van der Waals surface area contributed by atoms with Crippen LogP contribution in [-0.2, 0) is 4.79 Å². The van der Waals surface area contributed by atoms with Gasteiger partial charge in [-0.25, -0.2) is 4.99 Å². The van der Waals surface area contributed by atoms with E-state index in [4.69, 9.17) is 5.73 Å². The molecule has 0 aromatic heterocycles. The first-order valence-corrected chi connectivity index (χ1v) is 6.84. The number of anilines is 1. The van der Waals surface area contributed by atoms with Gasteiger partial charge in [0.2, 0.25) is 5.91 Å². The maximum atomic E-state index is 11.5. The number of carbonyl (C=O) groups excluding carboxylic acids is 1. The molecule has 21 heavy (non-hydrogen) atoms. The van der Waals surface area contributed by atoms with Crippen molar-refractivity contribution in [3.05, 3.63) is 29.8 Å². The monoisotopic (exact) mass is 404 g/mol. The number of amides is 1. The van der Waals surface area contributed by atoms with Crippen LogP contribution >= 0.6 is 24.0 Å². The molecular formula is C15H25IN4O. The summed E-state index contributed by atoms with van der Waals surface area (Å²) in [5.74, 6) is 0.553. The molecule has 0 radical (unpaired) electrons. The van der Waals surface area contributed by atoms with Crippen molar-refractivity contribution in [1.82, 2.24) is 5.32 Å². The van der Waals surface area contributed by atoms with Gasteiger partial charge in [0.25, 0.3) is 0 Å². The first kappa shape index (κ1) is 19.7. The fourth-order valence-corrected chi connectivity index (χ4v) is 1.69. The molecule has 6 heteroatoms. The largest absolute Gasteiger partial charge is 0.370 e. The van der Waals surface area contributed by atoms with Crippen molar-refractivity contribution in [2.24, 2.45) is 10.7 Å². The van der Waals surface area contributed by atoms with Crippen LogP contribution in [0.1, 0.15) is 39.2 Å². The number of aliphatic imine (C=N–C) groups is 1. The van der Waals surface area contributed by atoms with Crippen LogP contribution in [0.15, 0.2) is 29.3 Å². The number of nitrogens with two attached hydrogens (primary N) is 1. The van der Waals surface area contributed by atoms with Gasteiger partial charge in [0.05, 0.1) is 0 Å². The highest BCUT2D eigenvalue weighted by molar-refractivity contribution is 14.0. The molecule has 0 bridgehead atoms. The zero-order valence-electron chi connectivity index (χ0n) is 13.0. The van der Waals surface area contributed by atoms with E-state index in [9.17, 15) is 4.79 Å². The Hall–Kier alpha value is -1.31. The quantitative estimate of drug-likeness (QED) is 0.401. The molecule has 0 atom stereocenters. The topological polar surface area (TPSA) is 79.5 Å². The van der Waals surface area contributed by atoms with E-state index in [1.807, 2.05) is 32.0 Å². The van der Waals surface area contributed by atoms with Crippen molar-refractivity contribution in [1.29, 1.82) is 0 Å². The summed E-state index contributed by atoms with van der Waals surface area (Å²) >= 11 is 0. The molecule has 0 heterocycles. The maximum Gasteiger partial charge on any atom is 0.242 e. The van der Waals surface area contributed by atoms with Crippen LogP contribution in [0.2, 0.25) is 0 Å². The van der Waals surface area contributed by atoms with Crippen LogP contribution in [0.3, 0.4) is 0 Å². The number of guanidine groups is 1. The van der Waals surface area contributed by atoms with Crippen LogP contribution in [-0.4, -0.2) is 24.5 Å². The highest BCUT2D eigenvalue weighted by Crippen LogP contribution is 2.18. The van der Waals surface area contributed by atoms with Crippen molar-refractivity contribution in [2.45, 2.75) is 39.7 Å². The molecule has 4 N–H and O–H groups in total. The van der Waals surface area contributed by atoms with Gasteiger partial charge < -0.3 is 16.4 Å². The summed E-state index contributed by atoms with van der Waals surface area (Å²) in [7, 11) is 0. The summed E-state index contributed by atoms with van der Waals surface area (Å²) in [5.41, 5.74) is 7.87. The molecule has 0 aliphatic rings. The molecule has 5 nitrogen and oxygen atoms in total. The number of carbonyl (C=O) groups is 1. The molecule has 0 aliphatic carbocycles. The number of hydrogen-bond donors (Lipinski definition) is 3. The Bertz CT molecular complexity index is 486. The molecule has 1 rings (SSSR count). The molecule has 0 saturated heterocycles. The van der Waals surface area contributed by atoms with Gasteiger partial charge in [0.1, 0.15) is 6.54 Å². The Morgan fingerprint density at radius 2 is 1.95 bits per heavy atom. The summed E-state index contributed by atoms with van der Waals surface area (Å²) in [5, 5.41) is 5.75. The summed E-state index contributed by atoms with van der Waals surface area (Å²) in [6.45, 7) is 8.10. The SMILES string of the molecule is CC(C)NC(=O)CN=C(N)Nc1cccc(C(C)C)c1.I. The van der Waals surface area contributed by atoms with E-state index in [0.717, 1.165) is 5.69 Å². The lowest BCUT2D eigenvalue weighted by Gasteiger charge is -2.10. The number of hydrogen-bond acceptors (Lipinski definition) is 2. The van der Waals surface area contributed by atoms with Gasteiger partial charge in [-0.3, -0.25) is 4.79 Å². The second kappa shape index (κ2) is 9.59. The first-order chi connectivity index (χ1) is 9.38. The van der Waals surface area contributed by atoms with Crippen molar-refractivity contribution in [3.8, 4) is 0 Å². The highest BCUT2D eigenvalue weighted by Gasteiger charge is 2.03. The summed E-state index contributed by atoms with van der Waals surface area (Å²) in [6.07, 6.45) is 0. The summed E-state index contributed by atoms with van der Waals surface area (Å²) in [6, 6.07) is 8.09. The third-order valence-electron chi connectivity index (χ3n) is 2.67. The lowest BCUT2D eigenvalue weighted by molar-refractivity contribution is -0.120. The fourth-order valence-electron chi connectivity index (χ4n) is 1.69. The van der Waals surface area contributed by atoms with E-state index in [-0.39, 0.29) is 48.4 Å². The predicted octanol–water partition coefficient (Wildman–Crippen LogP) is 2.68. The summed E-state index contributed by atoms with van der Waals surface area (Å²) < 4.78 is 0. The Morgan fingerprint density at radius 3 is 2.52 bits per heavy atom. The Morgan fingerprint density at radius 1 is 1.29 bits per heavy atom. The second-order valence-electron chi connectivity index (χ2n) is 5.33. The second-order valence-corrected chi connectivity index (χ2v) is 5.33. The predicted molar refractivity (Wildman–Crippen MR) is 99.3 cm³/mol. The number of nitrogens with zero attached hydrogens (tertiary/aromatic N) is 1. The minimum atomic E-state index is -0.138. The maximum absolute atomic E-state index is 11.5. The number of rotatable bonds is 5. The first-order valence-electron chi connectivity index (χ1n) is 6.84. The zero-order chi connectivity index (χ0) is 15.1. The van der Waals surface area contributed by atoms with Crippen LogP contribution in [0.4, 0.5) is 5.69 Å². The molecule has 0 unspecified atom stereocenters. The van der Waals surface area contributed by atoms with Crippen LogP contribution < -0.4 is 16.4 Å². The van der Waals surface area contributed by atoms with Gasteiger partial charge in [0.15, 0.2) is 5.96 Å². The highest BCUT2D eigenvalue weighted by atomic mass is 127. The minimum Gasteiger partial charge on any atom is -0.370 e. The number of nitrogens with one attached hydrogen (secondary N) is 2. The molecule has 0 aliphatic heterocycles. The van der Waals surface area contributed by atoms with E-state index in [1.54, 1.807) is 0 Å². The van der Waals surface area contributed by atoms with Gasteiger partial charge in [-0.15, -0.1) is 24.0 Å². The van der Waals surface area contributed by atoms with Gasteiger partial charge in [0, 0.05) is 11.7 Å². The molecule has 0 saturated carbocycles. The van der Waals surface area contributed by atoms with Crippen LogP contribution in [0.25, 0.3) is 0 Å². The molecule has 0 fully saturated rings. The normalized spacial score (nSPS) is 11.2. The van der Waals surface area contributed by atoms with Crippen LogP contribution in [0.5, 0.6) is 0 Å². The molecule has 118 valence electrons. The van der Waals surface area contributed by atoms with Crippen molar-refractivity contribution in [3.63, 3.8) is 0 Å². The molecule has 1 aromatic rings. The van der Waals surface area contributed by atoms with E-state index >= 15 is 0 Å². The van der Waals surface area contributed by atoms with Crippen molar-refractivity contribution < 1.29 is 4.79 Å².